The van der Waals surface area contributed by atoms with Crippen LogP contribution in [0.5, 0.6) is 5.75 Å². The lowest BCUT2D eigenvalue weighted by molar-refractivity contribution is 0.415. The Balaban J connectivity index is 2.08. The molecule has 1 N–H and O–H groups in total. The second kappa shape index (κ2) is 5.82. The van der Waals surface area contributed by atoms with Crippen molar-refractivity contribution >= 4 is 17.1 Å². The van der Waals surface area contributed by atoms with Crippen LogP contribution in [0.4, 0.5) is 17.1 Å². The van der Waals surface area contributed by atoms with E-state index >= 15 is 0 Å². The number of nitrogens with one attached hydrogen (secondary N) is 1. The van der Waals surface area contributed by atoms with E-state index in [1.165, 1.54) is 0 Å². The molecule has 0 saturated heterocycles. The van der Waals surface area contributed by atoms with Gasteiger partial charge >= 0.3 is 0 Å². The number of methoxy groups -OCH3 is 1. The molecule has 0 unspecified atom stereocenters. The Morgan fingerprint density at radius 1 is 0.833 bits per heavy atom. The number of rotatable bonds is 4. The van der Waals surface area contributed by atoms with E-state index in [0.29, 0.717) is 0 Å². The predicted molar refractivity (Wildman–Crippen MR) is 73.2 cm³/mol. The Bertz CT molecular complexity index is 468. The highest BCUT2D eigenvalue weighted by Gasteiger charge is 1.93. The van der Waals surface area contributed by atoms with Crippen molar-refractivity contribution < 1.29 is 4.74 Å². The molecule has 18 heavy (non-hydrogen) atoms. The third-order valence-corrected chi connectivity index (χ3v) is 2.51. The van der Waals surface area contributed by atoms with Gasteiger partial charge in [0, 0.05) is 12.7 Å². The minimum atomic E-state index is 0.800. The van der Waals surface area contributed by atoms with E-state index in [9.17, 15) is 0 Å². The molecule has 0 bridgehead atoms. The van der Waals surface area contributed by atoms with Gasteiger partial charge in [-0.05, 0) is 48.5 Å². The molecule has 0 heterocycles. The molecule has 0 saturated carbocycles. The zero-order chi connectivity index (χ0) is 12.8. The predicted octanol–water partition coefficient (Wildman–Crippen LogP) is 4.15. The number of hydrogen-bond donors (Lipinski definition) is 1. The minimum absolute atomic E-state index is 0.800. The van der Waals surface area contributed by atoms with Gasteiger partial charge in [-0.15, -0.1) is 0 Å². The Morgan fingerprint density at radius 3 is 1.78 bits per heavy atom. The van der Waals surface area contributed by atoms with Gasteiger partial charge in [-0.2, -0.15) is 10.2 Å². The lowest BCUT2D eigenvalue weighted by Gasteiger charge is -1.99. The molecule has 2 aromatic carbocycles. The topological polar surface area (TPSA) is 46.0 Å². The van der Waals surface area contributed by atoms with Crippen LogP contribution in [0.2, 0.25) is 0 Å². The molecule has 0 aliphatic carbocycles. The summed E-state index contributed by atoms with van der Waals surface area (Å²) < 4.78 is 5.08. The summed E-state index contributed by atoms with van der Waals surface area (Å²) in [5.41, 5.74) is 2.68. The number of nitrogens with zero attached hydrogens (tertiary/aromatic N) is 2. The zero-order valence-electron chi connectivity index (χ0n) is 10.4. The quantitative estimate of drug-likeness (QED) is 0.817. The number of hydrogen-bond acceptors (Lipinski definition) is 4. The van der Waals surface area contributed by atoms with Crippen LogP contribution >= 0.6 is 0 Å². The maximum atomic E-state index is 5.08. The van der Waals surface area contributed by atoms with Crippen molar-refractivity contribution in [2.75, 3.05) is 19.5 Å². The van der Waals surface area contributed by atoms with Gasteiger partial charge in [0.05, 0.1) is 18.5 Å². The minimum Gasteiger partial charge on any atom is -0.497 e. The number of azo groups is 1. The summed E-state index contributed by atoms with van der Waals surface area (Å²) in [7, 11) is 3.52. The van der Waals surface area contributed by atoms with Crippen molar-refractivity contribution in [2.24, 2.45) is 10.2 Å². The smallest absolute Gasteiger partial charge is 0.119 e. The normalized spacial score (nSPS) is 10.6. The standard InChI is InChI=1S/C14H15N3O/c1-15-11-3-5-12(6-4-11)16-17-13-7-9-14(18-2)10-8-13/h3-10,15H,1-2H3. The molecule has 2 rings (SSSR count). The van der Waals surface area contributed by atoms with Crippen LogP contribution in [-0.4, -0.2) is 14.2 Å². The summed E-state index contributed by atoms with van der Waals surface area (Å²) in [5.74, 6) is 0.812. The van der Waals surface area contributed by atoms with Gasteiger partial charge in [0.1, 0.15) is 5.75 Å². The van der Waals surface area contributed by atoms with E-state index in [0.717, 1.165) is 22.8 Å². The average Bonchev–Trinajstić information content (AvgIpc) is 2.46. The summed E-state index contributed by atoms with van der Waals surface area (Å²) in [6, 6.07) is 15.2. The first kappa shape index (κ1) is 12.1. The maximum Gasteiger partial charge on any atom is 0.119 e. The fourth-order valence-electron chi connectivity index (χ4n) is 1.46. The molecule has 4 heteroatoms. The molecule has 4 nitrogen and oxygen atoms in total. The molecule has 0 atom stereocenters. The zero-order valence-corrected chi connectivity index (χ0v) is 10.4. The summed E-state index contributed by atoms with van der Waals surface area (Å²) in [6.45, 7) is 0. The largest absolute Gasteiger partial charge is 0.497 e. The van der Waals surface area contributed by atoms with Crippen LogP contribution in [0.25, 0.3) is 0 Å². The van der Waals surface area contributed by atoms with Gasteiger partial charge in [0.25, 0.3) is 0 Å². The van der Waals surface area contributed by atoms with Crippen molar-refractivity contribution in [3.63, 3.8) is 0 Å². The van der Waals surface area contributed by atoms with E-state index in [1.54, 1.807) is 7.11 Å². The molecule has 0 radical (unpaired) electrons. The van der Waals surface area contributed by atoms with Crippen LogP contribution in [0.3, 0.4) is 0 Å². The lowest BCUT2D eigenvalue weighted by Crippen LogP contribution is -1.85. The van der Waals surface area contributed by atoms with Crippen LogP contribution in [0.15, 0.2) is 58.8 Å². The first-order valence-electron chi connectivity index (χ1n) is 5.65. The molecule has 2 aromatic rings. The molecule has 0 fully saturated rings. The van der Waals surface area contributed by atoms with Crippen LogP contribution in [0.1, 0.15) is 0 Å². The molecule has 0 spiro atoms. The van der Waals surface area contributed by atoms with Crippen LogP contribution < -0.4 is 10.1 Å². The highest BCUT2D eigenvalue weighted by Crippen LogP contribution is 2.21. The van der Waals surface area contributed by atoms with Gasteiger partial charge < -0.3 is 10.1 Å². The molecular formula is C14H15N3O. The summed E-state index contributed by atoms with van der Waals surface area (Å²) in [6.07, 6.45) is 0. The first-order valence-corrected chi connectivity index (χ1v) is 5.65. The van der Waals surface area contributed by atoms with Crippen molar-refractivity contribution in [3.8, 4) is 5.75 Å². The van der Waals surface area contributed by atoms with Crippen LogP contribution in [-0.2, 0) is 0 Å². The van der Waals surface area contributed by atoms with Crippen LogP contribution in [0, 0.1) is 0 Å². The summed E-state index contributed by atoms with van der Waals surface area (Å²) in [4.78, 5) is 0. The number of ether oxygens (including phenoxy) is 1. The Labute approximate surface area is 106 Å². The maximum absolute atomic E-state index is 5.08. The third-order valence-electron chi connectivity index (χ3n) is 2.51. The van der Waals surface area contributed by atoms with E-state index in [4.69, 9.17) is 4.74 Å². The summed E-state index contributed by atoms with van der Waals surface area (Å²) >= 11 is 0. The van der Waals surface area contributed by atoms with Gasteiger partial charge in [-0.25, -0.2) is 0 Å². The molecular weight excluding hydrogens is 226 g/mol. The lowest BCUT2D eigenvalue weighted by atomic mass is 10.3. The van der Waals surface area contributed by atoms with Gasteiger partial charge in [-0.1, -0.05) is 0 Å². The monoisotopic (exact) mass is 241 g/mol. The van der Waals surface area contributed by atoms with Crippen molar-refractivity contribution in [1.29, 1.82) is 0 Å². The van der Waals surface area contributed by atoms with Gasteiger partial charge in [-0.3, -0.25) is 0 Å². The summed E-state index contributed by atoms with van der Waals surface area (Å²) in [5, 5.41) is 11.4. The Morgan fingerprint density at radius 2 is 1.33 bits per heavy atom. The average molecular weight is 241 g/mol. The SMILES string of the molecule is CNc1ccc(N=Nc2ccc(OC)cc2)cc1. The van der Waals surface area contributed by atoms with E-state index < -0.39 is 0 Å². The van der Waals surface area contributed by atoms with E-state index in [-0.39, 0.29) is 0 Å². The second-order valence-electron chi connectivity index (χ2n) is 3.69. The highest BCUT2D eigenvalue weighted by atomic mass is 16.5. The first-order chi connectivity index (χ1) is 8.81. The highest BCUT2D eigenvalue weighted by molar-refractivity contribution is 5.50. The van der Waals surface area contributed by atoms with E-state index in [2.05, 4.69) is 15.5 Å². The molecule has 92 valence electrons. The van der Waals surface area contributed by atoms with Gasteiger partial charge in [0.15, 0.2) is 0 Å². The van der Waals surface area contributed by atoms with Gasteiger partial charge in [0.2, 0.25) is 0 Å². The van der Waals surface area contributed by atoms with E-state index in [1.807, 2.05) is 55.6 Å². The number of anilines is 1. The molecule has 0 amide bonds. The molecule has 0 aliphatic heterocycles. The second-order valence-corrected chi connectivity index (χ2v) is 3.69. The fourth-order valence-corrected chi connectivity index (χ4v) is 1.46. The Kier molecular flexibility index (Phi) is 3.91. The fraction of sp³-hybridized carbons (Fsp3) is 0.143. The van der Waals surface area contributed by atoms with Crippen molar-refractivity contribution in [3.05, 3.63) is 48.5 Å². The van der Waals surface area contributed by atoms with Crippen molar-refractivity contribution in [1.82, 2.24) is 0 Å². The Hall–Kier alpha value is -2.36. The molecule has 0 aliphatic rings. The van der Waals surface area contributed by atoms with Crippen molar-refractivity contribution in [2.45, 2.75) is 0 Å². The third kappa shape index (κ3) is 3.07. The number of benzene rings is 2. The molecule has 0 aromatic heterocycles.